The Labute approximate surface area is 356 Å². The molecule has 330 valence electrons. The molecule has 1 amide bonds. The molecular formula is C52H87NO5. The Bertz CT molecular complexity index is 1180. The summed E-state index contributed by atoms with van der Waals surface area (Å²) in [5, 5.41) is 23.7. The van der Waals surface area contributed by atoms with Crippen LogP contribution in [0.15, 0.2) is 97.2 Å². The van der Waals surface area contributed by atoms with Gasteiger partial charge in [-0.15, -0.1) is 0 Å². The van der Waals surface area contributed by atoms with Crippen molar-refractivity contribution in [3.63, 3.8) is 0 Å². The van der Waals surface area contributed by atoms with Crippen LogP contribution in [0.5, 0.6) is 0 Å². The van der Waals surface area contributed by atoms with Gasteiger partial charge in [-0.3, -0.25) is 9.59 Å². The van der Waals surface area contributed by atoms with Gasteiger partial charge in [0, 0.05) is 6.42 Å². The van der Waals surface area contributed by atoms with Gasteiger partial charge in [0.2, 0.25) is 5.91 Å². The maximum Gasteiger partial charge on any atom is 0.306 e. The molecule has 0 aliphatic carbocycles. The second-order valence-electron chi connectivity index (χ2n) is 15.6. The molecule has 6 nitrogen and oxygen atoms in total. The van der Waals surface area contributed by atoms with E-state index >= 15 is 0 Å². The van der Waals surface area contributed by atoms with Crippen molar-refractivity contribution < 1.29 is 24.5 Å². The van der Waals surface area contributed by atoms with Crippen LogP contribution in [-0.4, -0.2) is 46.9 Å². The van der Waals surface area contributed by atoms with Gasteiger partial charge in [0.1, 0.15) is 6.10 Å². The predicted molar refractivity (Wildman–Crippen MR) is 250 cm³/mol. The zero-order chi connectivity index (χ0) is 42.4. The van der Waals surface area contributed by atoms with Crippen LogP contribution in [0.3, 0.4) is 0 Å². The fourth-order valence-corrected chi connectivity index (χ4v) is 6.58. The first-order valence-corrected chi connectivity index (χ1v) is 23.6. The van der Waals surface area contributed by atoms with Crippen LogP contribution in [-0.2, 0) is 14.3 Å². The first-order chi connectivity index (χ1) is 28.5. The van der Waals surface area contributed by atoms with Gasteiger partial charge < -0.3 is 20.3 Å². The number of rotatable bonds is 40. The van der Waals surface area contributed by atoms with E-state index in [1.54, 1.807) is 0 Å². The molecule has 6 heteroatoms. The number of aliphatic hydroxyl groups is 2. The topological polar surface area (TPSA) is 95.9 Å². The quantitative estimate of drug-likeness (QED) is 0.0326. The number of nitrogens with one attached hydrogen (secondary N) is 1. The molecule has 0 aliphatic heterocycles. The van der Waals surface area contributed by atoms with Crippen molar-refractivity contribution in [2.45, 2.75) is 212 Å². The molecule has 58 heavy (non-hydrogen) atoms. The number of hydrogen-bond donors (Lipinski definition) is 3. The number of amides is 1. The maximum atomic E-state index is 13.1. The fourth-order valence-electron chi connectivity index (χ4n) is 6.58. The monoisotopic (exact) mass is 806 g/mol. The number of carbonyl (C=O) groups is 2. The maximum absolute atomic E-state index is 13.1. The molecule has 0 aromatic rings. The smallest absolute Gasteiger partial charge is 0.306 e. The molecule has 0 rings (SSSR count). The summed E-state index contributed by atoms with van der Waals surface area (Å²) in [6, 6.07) is -0.732. The lowest BCUT2D eigenvalue weighted by atomic mass is 10.0. The van der Waals surface area contributed by atoms with Gasteiger partial charge in [-0.25, -0.2) is 0 Å². The minimum atomic E-state index is -0.814. The molecule has 0 fully saturated rings. The van der Waals surface area contributed by atoms with Gasteiger partial charge in [0.15, 0.2) is 0 Å². The predicted octanol–water partition coefficient (Wildman–Crippen LogP) is 13.8. The summed E-state index contributed by atoms with van der Waals surface area (Å²) in [7, 11) is 0. The third-order valence-electron chi connectivity index (χ3n) is 10.1. The Balaban J connectivity index is 4.69. The Morgan fingerprint density at radius 3 is 1.41 bits per heavy atom. The van der Waals surface area contributed by atoms with Crippen molar-refractivity contribution >= 4 is 11.9 Å². The summed E-state index contributed by atoms with van der Waals surface area (Å²) in [4.78, 5) is 26.0. The van der Waals surface area contributed by atoms with Crippen LogP contribution >= 0.6 is 0 Å². The second-order valence-corrected chi connectivity index (χ2v) is 15.6. The van der Waals surface area contributed by atoms with Crippen LogP contribution in [0.1, 0.15) is 194 Å². The molecule has 0 saturated heterocycles. The molecule has 3 atom stereocenters. The first kappa shape index (κ1) is 54.8. The van der Waals surface area contributed by atoms with Gasteiger partial charge in [0.05, 0.1) is 25.2 Å². The fraction of sp³-hybridized carbons (Fsp3) is 0.654. The Morgan fingerprint density at radius 2 is 0.931 bits per heavy atom. The van der Waals surface area contributed by atoms with E-state index < -0.39 is 18.2 Å². The normalized spacial score (nSPS) is 14.2. The molecule has 0 aromatic carbocycles. The molecule has 0 aliphatic rings. The van der Waals surface area contributed by atoms with E-state index in [0.29, 0.717) is 19.3 Å². The Kier molecular flexibility index (Phi) is 42.4. The number of aliphatic hydroxyl groups excluding tert-OH is 2. The highest BCUT2D eigenvalue weighted by Crippen LogP contribution is 2.17. The standard InChI is InChI=1S/C52H87NO5/c1-4-7-10-13-16-19-22-24-25-27-29-32-35-38-41-44-50(55)49(47-54)53-51(56)46-48(43-40-37-34-31-28-21-18-15-12-9-6-3)58-52(57)45-42-39-36-33-30-26-23-20-17-14-11-8-5-2/h8-9,11-12,14-15,17-18,20-21,23,26,28,30,33,36,48-50,54-55H,4-7,10,13,16,19,22,24-25,27,29,31-32,34-35,37-47H2,1-3H3,(H,53,56)/b11-8+,12-9+,17-14+,18-15+,23-20-,28-21-,30-26-,36-33+. The summed E-state index contributed by atoms with van der Waals surface area (Å²) in [6.45, 7) is 6.16. The van der Waals surface area contributed by atoms with E-state index in [9.17, 15) is 19.8 Å². The van der Waals surface area contributed by atoms with Gasteiger partial charge in [-0.1, -0.05) is 221 Å². The van der Waals surface area contributed by atoms with E-state index in [0.717, 1.165) is 64.2 Å². The average molecular weight is 806 g/mol. The highest BCUT2D eigenvalue weighted by atomic mass is 16.5. The molecule has 0 saturated carbocycles. The van der Waals surface area contributed by atoms with Gasteiger partial charge >= 0.3 is 5.97 Å². The van der Waals surface area contributed by atoms with Crippen LogP contribution < -0.4 is 5.32 Å². The van der Waals surface area contributed by atoms with E-state index in [1.807, 2.05) is 72.9 Å². The first-order valence-electron chi connectivity index (χ1n) is 23.6. The Hall–Kier alpha value is -3.22. The lowest BCUT2D eigenvalue weighted by Gasteiger charge is -2.24. The zero-order valence-corrected chi connectivity index (χ0v) is 37.4. The highest BCUT2D eigenvalue weighted by Gasteiger charge is 2.24. The minimum absolute atomic E-state index is 0.0200. The highest BCUT2D eigenvalue weighted by molar-refractivity contribution is 5.77. The van der Waals surface area contributed by atoms with Crippen molar-refractivity contribution in [3.8, 4) is 0 Å². The van der Waals surface area contributed by atoms with E-state index in [-0.39, 0.29) is 31.3 Å². The summed E-state index contributed by atoms with van der Waals surface area (Å²) < 4.78 is 5.84. The number of esters is 1. The second kappa shape index (κ2) is 44.9. The van der Waals surface area contributed by atoms with Crippen molar-refractivity contribution in [1.29, 1.82) is 0 Å². The zero-order valence-electron chi connectivity index (χ0n) is 37.4. The molecule has 0 aromatic heterocycles. The molecule has 0 spiro atoms. The lowest BCUT2D eigenvalue weighted by molar-refractivity contribution is -0.151. The van der Waals surface area contributed by atoms with Gasteiger partial charge in [-0.05, 0) is 57.8 Å². The molecule has 0 bridgehead atoms. The summed E-state index contributed by atoms with van der Waals surface area (Å²) in [6.07, 6.45) is 59.0. The average Bonchev–Trinajstić information content (AvgIpc) is 3.22. The van der Waals surface area contributed by atoms with Crippen molar-refractivity contribution in [2.75, 3.05) is 6.61 Å². The number of ether oxygens (including phenoxy) is 1. The van der Waals surface area contributed by atoms with Crippen molar-refractivity contribution in [3.05, 3.63) is 97.2 Å². The number of allylic oxidation sites excluding steroid dienone is 16. The molecule has 3 unspecified atom stereocenters. The largest absolute Gasteiger partial charge is 0.462 e. The Morgan fingerprint density at radius 1 is 0.517 bits per heavy atom. The van der Waals surface area contributed by atoms with Crippen molar-refractivity contribution in [1.82, 2.24) is 5.32 Å². The summed E-state index contributed by atoms with van der Waals surface area (Å²) in [5.41, 5.74) is 0. The summed E-state index contributed by atoms with van der Waals surface area (Å²) in [5.74, 6) is -0.608. The number of unbranched alkanes of at least 4 members (excludes halogenated alkanes) is 18. The number of carbonyl (C=O) groups excluding carboxylic acids is 2. The minimum Gasteiger partial charge on any atom is -0.462 e. The van der Waals surface area contributed by atoms with E-state index in [2.05, 4.69) is 50.4 Å². The van der Waals surface area contributed by atoms with Crippen LogP contribution in [0.2, 0.25) is 0 Å². The van der Waals surface area contributed by atoms with Crippen LogP contribution in [0.25, 0.3) is 0 Å². The third kappa shape index (κ3) is 39.6. The van der Waals surface area contributed by atoms with Crippen molar-refractivity contribution in [2.24, 2.45) is 0 Å². The molecule has 0 radical (unpaired) electrons. The van der Waals surface area contributed by atoms with Crippen LogP contribution in [0.4, 0.5) is 0 Å². The molecule has 0 heterocycles. The van der Waals surface area contributed by atoms with E-state index in [4.69, 9.17) is 4.74 Å². The van der Waals surface area contributed by atoms with Gasteiger partial charge in [0.25, 0.3) is 0 Å². The summed E-state index contributed by atoms with van der Waals surface area (Å²) >= 11 is 0. The third-order valence-corrected chi connectivity index (χ3v) is 10.1. The molecular weight excluding hydrogens is 719 g/mol. The lowest BCUT2D eigenvalue weighted by Crippen LogP contribution is -2.46. The SMILES string of the molecule is CC/C=C/C=C/C=C\C=C/C=C/CCCC(=O)OC(CCCCC\C=C/C=C/C=C/CC)CC(=O)NC(CO)C(O)CCCCCCCCCCCCCCCCC. The number of hydrogen-bond acceptors (Lipinski definition) is 5. The van der Waals surface area contributed by atoms with Crippen LogP contribution in [0, 0.1) is 0 Å². The van der Waals surface area contributed by atoms with E-state index in [1.165, 1.54) is 77.0 Å². The molecule has 3 N–H and O–H groups in total. The van der Waals surface area contributed by atoms with Gasteiger partial charge in [-0.2, -0.15) is 0 Å².